The van der Waals surface area contributed by atoms with E-state index < -0.39 is 17.2 Å². The van der Waals surface area contributed by atoms with Crippen molar-refractivity contribution < 1.29 is 29.0 Å². The fourth-order valence-electron chi connectivity index (χ4n) is 3.50. The lowest BCUT2D eigenvalue weighted by molar-refractivity contribution is -0.115. The molecule has 2 fully saturated rings. The molecule has 3 amide bonds. The maximum Gasteiger partial charge on any atom is 0.407 e. The van der Waals surface area contributed by atoms with E-state index in [0.29, 0.717) is 41.5 Å². The van der Waals surface area contributed by atoms with Crippen molar-refractivity contribution in [3.8, 4) is 17.5 Å². The van der Waals surface area contributed by atoms with Crippen LogP contribution in [0, 0.1) is 0 Å². The maximum absolute atomic E-state index is 11.7. The summed E-state index contributed by atoms with van der Waals surface area (Å²) in [7, 11) is 0. The Morgan fingerprint density at radius 2 is 2.09 bits per heavy atom. The standard InChI is InChI=1S/C21H20N4O6S/c1-12-7-15(5-6-25(12)21(28)29)31-18-10-17(22-11-23-18)30-14-4-2-3-13(8-14)9-16-19(26)24-20(27)32-16/h2-4,8-12,15H,5-7H2,1H3,(H,28,29)(H,24,26,27)/b16-9-. The molecule has 2 aliphatic heterocycles. The first-order valence-electron chi connectivity index (χ1n) is 9.88. The number of aromatic nitrogens is 2. The van der Waals surface area contributed by atoms with Gasteiger partial charge in [0, 0.05) is 25.4 Å². The summed E-state index contributed by atoms with van der Waals surface area (Å²) in [5.74, 6) is 0.681. The molecule has 0 radical (unpaired) electrons. The zero-order valence-electron chi connectivity index (χ0n) is 17.1. The number of ether oxygens (including phenoxy) is 2. The molecular weight excluding hydrogens is 436 g/mol. The first-order chi connectivity index (χ1) is 15.4. The van der Waals surface area contributed by atoms with Gasteiger partial charge in [-0.1, -0.05) is 12.1 Å². The molecule has 0 bridgehead atoms. The number of thioether (sulfide) groups is 1. The monoisotopic (exact) mass is 456 g/mol. The Morgan fingerprint density at radius 3 is 2.81 bits per heavy atom. The van der Waals surface area contributed by atoms with Gasteiger partial charge < -0.3 is 19.5 Å². The topological polar surface area (TPSA) is 131 Å². The van der Waals surface area contributed by atoms with Gasteiger partial charge in [-0.05, 0) is 42.5 Å². The summed E-state index contributed by atoms with van der Waals surface area (Å²) in [5, 5.41) is 11.0. The molecule has 2 aromatic rings. The number of imide groups is 1. The van der Waals surface area contributed by atoms with Crippen molar-refractivity contribution in [3.63, 3.8) is 0 Å². The van der Waals surface area contributed by atoms with Crippen molar-refractivity contribution in [2.75, 3.05) is 6.54 Å². The van der Waals surface area contributed by atoms with Crippen molar-refractivity contribution in [1.82, 2.24) is 20.2 Å². The van der Waals surface area contributed by atoms with Crippen LogP contribution in [0.2, 0.25) is 0 Å². The molecule has 2 atom stereocenters. The Labute approximate surface area is 187 Å². The highest BCUT2D eigenvalue weighted by Crippen LogP contribution is 2.29. The van der Waals surface area contributed by atoms with Crippen LogP contribution in [0.15, 0.2) is 41.6 Å². The fraction of sp³-hybridized carbons (Fsp3) is 0.286. The van der Waals surface area contributed by atoms with Crippen molar-refractivity contribution in [1.29, 1.82) is 0 Å². The highest BCUT2D eigenvalue weighted by Gasteiger charge is 2.30. The number of amides is 3. The molecule has 10 nitrogen and oxygen atoms in total. The van der Waals surface area contributed by atoms with E-state index >= 15 is 0 Å². The number of carbonyl (C=O) groups excluding carboxylic acids is 2. The Kier molecular flexibility index (Phi) is 6.26. The van der Waals surface area contributed by atoms with Gasteiger partial charge in [0.1, 0.15) is 18.2 Å². The number of nitrogens with zero attached hydrogens (tertiary/aromatic N) is 3. The van der Waals surface area contributed by atoms with Crippen LogP contribution in [0.5, 0.6) is 17.5 Å². The minimum absolute atomic E-state index is 0.143. The second-order valence-corrected chi connectivity index (χ2v) is 8.33. The van der Waals surface area contributed by atoms with Gasteiger partial charge in [-0.25, -0.2) is 14.8 Å². The van der Waals surface area contributed by atoms with E-state index in [4.69, 9.17) is 9.47 Å². The molecular formula is C21H20N4O6S. The van der Waals surface area contributed by atoms with E-state index in [2.05, 4.69) is 15.3 Å². The molecule has 1 aromatic carbocycles. The van der Waals surface area contributed by atoms with Gasteiger partial charge in [0.15, 0.2) is 0 Å². The minimum atomic E-state index is -0.926. The summed E-state index contributed by atoms with van der Waals surface area (Å²) in [6, 6.07) is 8.43. The van der Waals surface area contributed by atoms with Crippen LogP contribution in [-0.4, -0.2) is 55.9 Å². The maximum atomic E-state index is 11.7. The number of carbonyl (C=O) groups is 3. The van der Waals surface area contributed by atoms with Gasteiger partial charge >= 0.3 is 6.09 Å². The summed E-state index contributed by atoms with van der Waals surface area (Å²) < 4.78 is 11.7. The first-order valence-corrected chi connectivity index (χ1v) is 10.7. The Morgan fingerprint density at radius 1 is 1.28 bits per heavy atom. The normalized spacial score (nSPS) is 22.0. The van der Waals surface area contributed by atoms with Gasteiger partial charge in [-0.2, -0.15) is 0 Å². The summed E-state index contributed by atoms with van der Waals surface area (Å²) in [6.45, 7) is 2.25. The average Bonchev–Trinajstić information content (AvgIpc) is 3.05. The quantitative estimate of drug-likeness (QED) is 0.649. The van der Waals surface area contributed by atoms with Crippen LogP contribution < -0.4 is 14.8 Å². The summed E-state index contributed by atoms with van der Waals surface area (Å²) in [6.07, 6.45) is 2.99. The zero-order valence-corrected chi connectivity index (χ0v) is 17.9. The summed E-state index contributed by atoms with van der Waals surface area (Å²) in [5.41, 5.74) is 0.694. The largest absolute Gasteiger partial charge is 0.474 e. The van der Waals surface area contributed by atoms with Crippen LogP contribution in [0.1, 0.15) is 25.3 Å². The molecule has 32 heavy (non-hydrogen) atoms. The van der Waals surface area contributed by atoms with Crippen LogP contribution in [0.3, 0.4) is 0 Å². The predicted molar refractivity (Wildman–Crippen MR) is 115 cm³/mol. The number of benzene rings is 1. The van der Waals surface area contributed by atoms with E-state index in [-0.39, 0.29) is 18.0 Å². The molecule has 2 unspecified atom stereocenters. The highest BCUT2D eigenvalue weighted by molar-refractivity contribution is 8.18. The molecule has 4 rings (SSSR count). The Hall–Kier alpha value is -3.60. The van der Waals surface area contributed by atoms with Crippen molar-refractivity contribution >= 4 is 35.1 Å². The Balaban J connectivity index is 1.41. The number of hydrogen-bond donors (Lipinski definition) is 2. The third-order valence-corrected chi connectivity index (χ3v) is 5.81. The van der Waals surface area contributed by atoms with Crippen LogP contribution in [-0.2, 0) is 4.79 Å². The van der Waals surface area contributed by atoms with E-state index in [1.54, 1.807) is 36.4 Å². The SMILES string of the molecule is CC1CC(Oc2cc(Oc3cccc(/C=C4\SC(=O)NC4=O)c3)ncn2)CCN1C(=O)O. The third kappa shape index (κ3) is 5.17. The summed E-state index contributed by atoms with van der Waals surface area (Å²) in [4.78, 5) is 44.2. The van der Waals surface area contributed by atoms with Crippen LogP contribution >= 0.6 is 11.8 Å². The molecule has 2 N–H and O–H groups in total. The molecule has 0 spiro atoms. The molecule has 11 heteroatoms. The summed E-state index contributed by atoms with van der Waals surface area (Å²) >= 11 is 0.847. The van der Waals surface area contributed by atoms with E-state index in [0.717, 1.165) is 11.8 Å². The average molecular weight is 456 g/mol. The van der Waals surface area contributed by atoms with Crippen molar-refractivity contribution in [2.45, 2.75) is 31.9 Å². The third-order valence-electron chi connectivity index (χ3n) is 5.00. The van der Waals surface area contributed by atoms with Gasteiger partial charge in [-0.15, -0.1) is 0 Å². The van der Waals surface area contributed by atoms with Gasteiger partial charge in [0.2, 0.25) is 11.8 Å². The number of likely N-dealkylation sites (tertiary alicyclic amines) is 1. The van der Waals surface area contributed by atoms with Gasteiger partial charge in [0.25, 0.3) is 11.1 Å². The molecule has 2 aliphatic rings. The van der Waals surface area contributed by atoms with E-state index in [1.807, 2.05) is 6.92 Å². The van der Waals surface area contributed by atoms with Crippen molar-refractivity contribution in [3.05, 3.63) is 47.1 Å². The molecule has 1 aromatic heterocycles. The predicted octanol–water partition coefficient (Wildman–Crippen LogP) is 3.50. The lowest BCUT2D eigenvalue weighted by atomic mass is 10.0. The van der Waals surface area contributed by atoms with Crippen LogP contribution in [0.4, 0.5) is 9.59 Å². The lowest BCUT2D eigenvalue weighted by Gasteiger charge is -2.35. The molecule has 0 saturated carbocycles. The number of rotatable bonds is 5. The molecule has 166 valence electrons. The van der Waals surface area contributed by atoms with E-state index in [1.165, 1.54) is 11.2 Å². The second-order valence-electron chi connectivity index (χ2n) is 7.31. The van der Waals surface area contributed by atoms with Crippen molar-refractivity contribution in [2.24, 2.45) is 0 Å². The number of nitrogens with one attached hydrogen (secondary N) is 1. The fourth-order valence-corrected chi connectivity index (χ4v) is 4.18. The van der Waals surface area contributed by atoms with Crippen LogP contribution in [0.25, 0.3) is 6.08 Å². The Bertz CT molecular complexity index is 1090. The van der Waals surface area contributed by atoms with E-state index in [9.17, 15) is 19.5 Å². The second kappa shape index (κ2) is 9.27. The lowest BCUT2D eigenvalue weighted by Crippen LogP contribution is -2.46. The molecule has 2 saturated heterocycles. The number of carboxylic acid groups (broad SMARTS) is 1. The van der Waals surface area contributed by atoms with Gasteiger partial charge in [-0.3, -0.25) is 14.9 Å². The smallest absolute Gasteiger partial charge is 0.407 e. The van der Waals surface area contributed by atoms with Gasteiger partial charge in [0.05, 0.1) is 11.0 Å². The molecule has 0 aliphatic carbocycles. The minimum Gasteiger partial charge on any atom is -0.474 e. The number of piperidine rings is 1. The highest BCUT2D eigenvalue weighted by atomic mass is 32.2. The molecule has 3 heterocycles. The number of hydrogen-bond acceptors (Lipinski definition) is 8. The zero-order chi connectivity index (χ0) is 22.7. The first kappa shape index (κ1) is 21.6.